The van der Waals surface area contributed by atoms with Crippen LogP contribution in [0.3, 0.4) is 0 Å². The fraction of sp³-hybridized carbons (Fsp3) is 0.158. The second kappa shape index (κ2) is 6.49. The highest BCUT2D eigenvalue weighted by Crippen LogP contribution is 2.36. The molecule has 1 aliphatic rings. The molecule has 0 unspecified atom stereocenters. The van der Waals surface area contributed by atoms with Crippen molar-refractivity contribution < 1.29 is 9.53 Å². The van der Waals surface area contributed by atoms with Crippen LogP contribution >= 0.6 is 11.6 Å². The van der Waals surface area contributed by atoms with E-state index in [-0.39, 0.29) is 18.1 Å². The summed E-state index contributed by atoms with van der Waals surface area (Å²) in [6, 6.07) is 10.7. The van der Waals surface area contributed by atoms with Gasteiger partial charge in [0, 0.05) is 13.1 Å². The van der Waals surface area contributed by atoms with E-state index in [9.17, 15) is 9.59 Å². The molecule has 10 heteroatoms. The van der Waals surface area contributed by atoms with E-state index in [0.717, 1.165) is 5.52 Å². The van der Waals surface area contributed by atoms with Gasteiger partial charge < -0.3 is 15.4 Å². The molecule has 0 bridgehead atoms. The number of hydrogen-bond acceptors (Lipinski definition) is 6. The molecule has 1 aliphatic heterocycles. The average Bonchev–Trinajstić information content (AvgIpc) is 3.15. The minimum Gasteiger partial charge on any atom is -0.482 e. The quantitative estimate of drug-likeness (QED) is 0.536. The van der Waals surface area contributed by atoms with Gasteiger partial charge in [-0.25, -0.2) is 0 Å². The summed E-state index contributed by atoms with van der Waals surface area (Å²) in [6.45, 7) is 0.275. The summed E-state index contributed by atoms with van der Waals surface area (Å²) < 4.78 is 8.76. The third-order valence-electron chi connectivity index (χ3n) is 4.83. The highest BCUT2D eigenvalue weighted by molar-refractivity contribution is 6.33. The van der Waals surface area contributed by atoms with Crippen molar-refractivity contribution in [3.8, 4) is 5.75 Å². The molecule has 0 saturated heterocycles. The number of fused-ring (bicyclic) bond motifs is 4. The smallest absolute Gasteiger partial charge is 0.262 e. The molecule has 0 radical (unpaired) electrons. The van der Waals surface area contributed by atoms with E-state index in [4.69, 9.17) is 16.3 Å². The van der Waals surface area contributed by atoms with Gasteiger partial charge in [0.25, 0.3) is 11.5 Å². The molecule has 3 heterocycles. The Morgan fingerprint density at radius 2 is 2.07 bits per heavy atom. The van der Waals surface area contributed by atoms with Gasteiger partial charge in [-0.3, -0.25) is 18.6 Å². The molecule has 2 aromatic heterocycles. The number of anilines is 2. The van der Waals surface area contributed by atoms with E-state index in [1.165, 1.54) is 4.57 Å². The highest BCUT2D eigenvalue weighted by atomic mass is 35.5. The minimum absolute atomic E-state index is 0.0388. The van der Waals surface area contributed by atoms with Crippen LogP contribution in [-0.4, -0.2) is 31.7 Å². The van der Waals surface area contributed by atoms with Crippen molar-refractivity contribution in [2.24, 2.45) is 7.05 Å². The van der Waals surface area contributed by atoms with Gasteiger partial charge in [-0.1, -0.05) is 23.7 Å². The third-order valence-corrected chi connectivity index (χ3v) is 5.14. The summed E-state index contributed by atoms with van der Waals surface area (Å²) in [7, 11) is 1.67. The van der Waals surface area contributed by atoms with Crippen LogP contribution in [0.25, 0.3) is 16.7 Å². The Labute approximate surface area is 168 Å². The van der Waals surface area contributed by atoms with Crippen LogP contribution in [0.15, 0.2) is 41.2 Å². The van der Waals surface area contributed by atoms with Crippen LogP contribution in [0.4, 0.5) is 11.4 Å². The predicted molar refractivity (Wildman–Crippen MR) is 109 cm³/mol. The summed E-state index contributed by atoms with van der Waals surface area (Å²) in [4.78, 5) is 24.0. The number of hydrogen-bond donors (Lipinski definition) is 2. The first-order valence-corrected chi connectivity index (χ1v) is 9.22. The lowest BCUT2D eigenvalue weighted by Gasteiger charge is -2.19. The van der Waals surface area contributed by atoms with Crippen molar-refractivity contribution in [2.75, 3.05) is 17.2 Å². The topological polar surface area (TPSA) is 103 Å². The Hall–Kier alpha value is -3.59. The van der Waals surface area contributed by atoms with E-state index < -0.39 is 0 Å². The highest BCUT2D eigenvalue weighted by Gasteiger charge is 2.19. The number of carbonyl (C=O) groups excluding carboxylic acids is 1. The number of ether oxygens (including phenoxy) is 1. The predicted octanol–water partition coefficient (Wildman–Crippen LogP) is 2.18. The standard InChI is InChI=1S/C19H15ClN6O3/c1-25-18(28)10-4-2-3-5-14(10)26-16(23-24-19(25)26)8-21-12-7-15-13(6-11(12)20)22-17(27)9-29-15/h2-7,21H,8-9H2,1H3,(H,22,27). The number of amides is 1. The van der Waals surface area contributed by atoms with Crippen molar-refractivity contribution in [2.45, 2.75) is 6.54 Å². The van der Waals surface area contributed by atoms with Crippen LogP contribution in [0, 0.1) is 0 Å². The van der Waals surface area contributed by atoms with Gasteiger partial charge in [-0.05, 0) is 18.2 Å². The monoisotopic (exact) mass is 410 g/mol. The molecule has 2 aromatic carbocycles. The molecule has 1 amide bonds. The van der Waals surface area contributed by atoms with Crippen molar-refractivity contribution in [3.05, 3.63) is 57.6 Å². The maximum absolute atomic E-state index is 12.5. The maximum Gasteiger partial charge on any atom is 0.262 e. The summed E-state index contributed by atoms with van der Waals surface area (Å²) in [5.74, 6) is 1.39. The van der Waals surface area contributed by atoms with Crippen molar-refractivity contribution in [1.29, 1.82) is 0 Å². The Kier molecular flexibility index (Phi) is 3.92. The number of halogens is 1. The van der Waals surface area contributed by atoms with Crippen molar-refractivity contribution in [1.82, 2.24) is 19.2 Å². The Morgan fingerprint density at radius 1 is 1.24 bits per heavy atom. The molecule has 29 heavy (non-hydrogen) atoms. The number of para-hydroxylation sites is 1. The molecular weight excluding hydrogens is 396 g/mol. The van der Waals surface area contributed by atoms with Crippen molar-refractivity contribution in [3.63, 3.8) is 0 Å². The molecule has 5 rings (SSSR count). The van der Waals surface area contributed by atoms with Crippen LogP contribution in [0.5, 0.6) is 5.75 Å². The zero-order chi connectivity index (χ0) is 20.1. The van der Waals surface area contributed by atoms with Gasteiger partial charge >= 0.3 is 0 Å². The third kappa shape index (κ3) is 2.78. The van der Waals surface area contributed by atoms with Crippen LogP contribution in [0.1, 0.15) is 5.82 Å². The van der Waals surface area contributed by atoms with Gasteiger partial charge in [0.2, 0.25) is 5.78 Å². The van der Waals surface area contributed by atoms with Gasteiger partial charge in [0.05, 0.1) is 33.8 Å². The Bertz CT molecular complexity index is 1360. The number of aromatic nitrogens is 4. The lowest BCUT2D eigenvalue weighted by molar-refractivity contribution is -0.118. The number of benzene rings is 2. The molecule has 2 N–H and O–H groups in total. The zero-order valence-electron chi connectivity index (χ0n) is 15.3. The van der Waals surface area contributed by atoms with Gasteiger partial charge in [-0.15, -0.1) is 10.2 Å². The number of rotatable bonds is 3. The molecule has 0 atom stereocenters. The van der Waals surface area contributed by atoms with Gasteiger partial charge in [0.15, 0.2) is 12.4 Å². The van der Waals surface area contributed by atoms with E-state index in [2.05, 4.69) is 20.8 Å². The summed E-state index contributed by atoms with van der Waals surface area (Å²) in [5.41, 5.74) is 1.77. The van der Waals surface area contributed by atoms with E-state index >= 15 is 0 Å². The number of nitrogens with one attached hydrogen (secondary N) is 2. The maximum atomic E-state index is 12.5. The van der Waals surface area contributed by atoms with Crippen LogP contribution < -0.4 is 20.9 Å². The molecule has 4 aromatic rings. The first-order valence-electron chi connectivity index (χ1n) is 8.85. The molecule has 9 nitrogen and oxygen atoms in total. The Morgan fingerprint density at radius 3 is 2.93 bits per heavy atom. The fourth-order valence-corrected chi connectivity index (χ4v) is 3.65. The second-order valence-electron chi connectivity index (χ2n) is 6.65. The number of aryl methyl sites for hydroxylation is 1. The summed E-state index contributed by atoms with van der Waals surface area (Å²) in [5, 5.41) is 15.4. The fourth-order valence-electron chi connectivity index (χ4n) is 3.42. The second-order valence-corrected chi connectivity index (χ2v) is 7.06. The largest absolute Gasteiger partial charge is 0.482 e. The number of carbonyl (C=O) groups is 1. The molecule has 0 aliphatic carbocycles. The zero-order valence-corrected chi connectivity index (χ0v) is 16.0. The lowest BCUT2D eigenvalue weighted by Crippen LogP contribution is -2.25. The minimum atomic E-state index is -0.221. The van der Waals surface area contributed by atoms with E-state index in [1.54, 1.807) is 25.2 Å². The first-order chi connectivity index (χ1) is 14.0. The summed E-state index contributed by atoms with van der Waals surface area (Å²) in [6.07, 6.45) is 0. The molecule has 0 fully saturated rings. The molecular formula is C19H15ClN6O3. The van der Waals surface area contributed by atoms with Gasteiger partial charge in [-0.2, -0.15) is 0 Å². The summed E-state index contributed by atoms with van der Waals surface area (Å²) >= 11 is 6.35. The first kappa shape index (κ1) is 17.5. The van der Waals surface area contributed by atoms with Gasteiger partial charge in [0.1, 0.15) is 5.75 Å². The molecule has 0 spiro atoms. The SMILES string of the molecule is Cn1c(=O)c2ccccc2n2c(CNc3cc4c(cc3Cl)NC(=O)CO4)nnc12. The lowest BCUT2D eigenvalue weighted by atomic mass is 10.2. The van der Waals surface area contributed by atoms with Crippen LogP contribution in [0.2, 0.25) is 5.02 Å². The average molecular weight is 411 g/mol. The van der Waals surface area contributed by atoms with Crippen LogP contribution in [-0.2, 0) is 18.4 Å². The number of nitrogens with zero attached hydrogens (tertiary/aromatic N) is 4. The Balaban J connectivity index is 1.54. The van der Waals surface area contributed by atoms with E-state index in [0.29, 0.717) is 45.7 Å². The molecule has 0 saturated carbocycles. The van der Waals surface area contributed by atoms with E-state index in [1.807, 2.05) is 22.6 Å². The normalized spacial score (nSPS) is 13.2. The van der Waals surface area contributed by atoms with Crippen molar-refractivity contribution >= 4 is 45.6 Å². The molecule has 146 valence electrons.